The van der Waals surface area contributed by atoms with Crippen LogP contribution in [-0.4, -0.2) is 56.4 Å². The number of ether oxygens (including phenoxy) is 1. The number of hydrogen-bond acceptors (Lipinski definition) is 5. The van der Waals surface area contributed by atoms with Gasteiger partial charge in [0.15, 0.2) is 0 Å². The Labute approximate surface area is 182 Å². The highest BCUT2D eigenvalue weighted by Crippen LogP contribution is 2.29. The lowest BCUT2D eigenvalue weighted by Crippen LogP contribution is -2.45. The molecule has 0 aliphatic carbocycles. The SMILES string of the molecule is CCOc1ccc(SCC(=O)NC(C)c2cc(F)ccc2N2CCN(C)CC2)cc1. The number of nitrogens with one attached hydrogen (secondary N) is 1. The number of nitrogens with zero attached hydrogens (tertiary/aromatic N) is 2. The summed E-state index contributed by atoms with van der Waals surface area (Å²) in [6.45, 7) is 8.21. The van der Waals surface area contributed by atoms with Crippen molar-refractivity contribution in [3.63, 3.8) is 0 Å². The molecule has 30 heavy (non-hydrogen) atoms. The van der Waals surface area contributed by atoms with Crippen LogP contribution in [0, 0.1) is 5.82 Å². The Morgan fingerprint density at radius 3 is 2.53 bits per heavy atom. The van der Waals surface area contributed by atoms with E-state index in [1.54, 1.807) is 0 Å². The lowest BCUT2D eigenvalue weighted by molar-refractivity contribution is -0.119. The number of piperazine rings is 1. The third-order valence-corrected chi connectivity index (χ3v) is 6.19. The van der Waals surface area contributed by atoms with E-state index in [9.17, 15) is 9.18 Å². The molecule has 3 rings (SSSR count). The zero-order chi connectivity index (χ0) is 21.5. The van der Waals surface area contributed by atoms with Crippen LogP contribution in [-0.2, 0) is 4.79 Å². The second-order valence-corrected chi connectivity index (χ2v) is 8.52. The van der Waals surface area contributed by atoms with Gasteiger partial charge in [0.2, 0.25) is 5.91 Å². The van der Waals surface area contributed by atoms with Crippen LogP contribution in [0.5, 0.6) is 5.75 Å². The fraction of sp³-hybridized carbons (Fsp3) is 0.435. The maximum absolute atomic E-state index is 14.0. The Kier molecular flexibility index (Phi) is 7.99. The van der Waals surface area contributed by atoms with E-state index in [2.05, 4.69) is 22.2 Å². The highest BCUT2D eigenvalue weighted by atomic mass is 32.2. The van der Waals surface area contributed by atoms with Gasteiger partial charge in [-0.3, -0.25) is 4.79 Å². The molecule has 2 aromatic carbocycles. The molecule has 1 unspecified atom stereocenters. The maximum Gasteiger partial charge on any atom is 0.230 e. The van der Waals surface area contributed by atoms with Crippen molar-refractivity contribution in [1.29, 1.82) is 0 Å². The van der Waals surface area contributed by atoms with Crippen molar-refractivity contribution in [1.82, 2.24) is 10.2 Å². The largest absolute Gasteiger partial charge is 0.494 e. The van der Waals surface area contributed by atoms with Gasteiger partial charge in [-0.05, 0) is 63.4 Å². The number of hydrogen-bond donors (Lipinski definition) is 1. The van der Waals surface area contributed by atoms with Gasteiger partial charge in [0.05, 0.1) is 18.4 Å². The van der Waals surface area contributed by atoms with Gasteiger partial charge in [-0.15, -0.1) is 11.8 Å². The highest BCUT2D eigenvalue weighted by Gasteiger charge is 2.21. The van der Waals surface area contributed by atoms with Gasteiger partial charge in [-0.2, -0.15) is 0 Å². The fourth-order valence-electron chi connectivity index (χ4n) is 3.52. The van der Waals surface area contributed by atoms with Gasteiger partial charge in [0.25, 0.3) is 0 Å². The van der Waals surface area contributed by atoms with E-state index in [1.165, 1.54) is 23.9 Å². The predicted octanol–water partition coefficient (Wildman–Crippen LogP) is 3.95. The number of halogens is 1. The standard InChI is InChI=1S/C23H30FN3O2S/c1-4-29-19-6-8-20(9-7-19)30-16-23(28)25-17(2)21-15-18(24)5-10-22(21)27-13-11-26(3)12-14-27/h5-10,15,17H,4,11-14,16H2,1-3H3,(H,25,28). The molecule has 1 saturated heterocycles. The minimum Gasteiger partial charge on any atom is -0.494 e. The van der Waals surface area contributed by atoms with E-state index < -0.39 is 0 Å². The van der Waals surface area contributed by atoms with Crippen LogP contribution in [0.1, 0.15) is 25.5 Å². The van der Waals surface area contributed by atoms with Crippen LogP contribution in [0.2, 0.25) is 0 Å². The van der Waals surface area contributed by atoms with Gasteiger partial charge < -0.3 is 19.9 Å². The molecule has 1 fully saturated rings. The van der Waals surface area contributed by atoms with E-state index in [0.717, 1.165) is 48.1 Å². The first kappa shape index (κ1) is 22.4. The van der Waals surface area contributed by atoms with E-state index in [4.69, 9.17) is 4.74 Å². The van der Waals surface area contributed by atoms with Gasteiger partial charge in [0.1, 0.15) is 11.6 Å². The molecule has 0 aromatic heterocycles. The van der Waals surface area contributed by atoms with Crippen molar-refractivity contribution in [2.75, 3.05) is 50.5 Å². The molecule has 2 aromatic rings. The Hall–Kier alpha value is -2.25. The fourth-order valence-corrected chi connectivity index (χ4v) is 4.23. The number of likely N-dealkylation sites (N-methyl/N-ethyl adjacent to an activating group) is 1. The number of benzene rings is 2. The minimum atomic E-state index is -0.285. The van der Waals surface area contributed by atoms with Crippen LogP contribution < -0.4 is 15.0 Å². The minimum absolute atomic E-state index is 0.0741. The Morgan fingerprint density at radius 1 is 1.17 bits per heavy atom. The Bertz CT molecular complexity index is 839. The molecular weight excluding hydrogens is 401 g/mol. The van der Waals surface area contributed by atoms with Gasteiger partial charge in [0, 0.05) is 42.3 Å². The second-order valence-electron chi connectivity index (χ2n) is 7.48. The summed E-state index contributed by atoms with van der Waals surface area (Å²) in [7, 11) is 2.10. The first-order chi connectivity index (χ1) is 14.5. The molecule has 1 atom stereocenters. The average Bonchev–Trinajstić information content (AvgIpc) is 2.74. The summed E-state index contributed by atoms with van der Waals surface area (Å²) >= 11 is 1.47. The van der Waals surface area contributed by atoms with Crippen molar-refractivity contribution in [3.8, 4) is 5.75 Å². The third-order valence-electron chi connectivity index (χ3n) is 5.18. The molecule has 1 aliphatic heterocycles. The van der Waals surface area contributed by atoms with E-state index in [-0.39, 0.29) is 17.8 Å². The smallest absolute Gasteiger partial charge is 0.230 e. The predicted molar refractivity (Wildman–Crippen MR) is 121 cm³/mol. The normalized spacial score (nSPS) is 15.7. The quantitative estimate of drug-likeness (QED) is 0.642. The zero-order valence-corrected chi connectivity index (χ0v) is 18.7. The molecule has 1 N–H and O–H groups in total. The molecule has 162 valence electrons. The van der Waals surface area contributed by atoms with Crippen molar-refractivity contribution < 1.29 is 13.9 Å². The number of carbonyl (C=O) groups is 1. The summed E-state index contributed by atoms with van der Waals surface area (Å²) in [5.41, 5.74) is 1.82. The molecule has 0 bridgehead atoms. The molecular formula is C23H30FN3O2S. The molecule has 1 amide bonds. The van der Waals surface area contributed by atoms with Gasteiger partial charge in [-0.1, -0.05) is 0 Å². The number of carbonyl (C=O) groups excluding carboxylic acids is 1. The molecule has 1 heterocycles. The summed E-state index contributed by atoms with van der Waals surface area (Å²) in [4.78, 5) is 18.1. The van der Waals surface area contributed by atoms with Crippen LogP contribution >= 0.6 is 11.8 Å². The Morgan fingerprint density at radius 2 is 1.87 bits per heavy atom. The zero-order valence-electron chi connectivity index (χ0n) is 17.9. The van der Waals surface area contributed by atoms with Gasteiger partial charge in [-0.25, -0.2) is 4.39 Å². The summed E-state index contributed by atoms with van der Waals surface area (Å²) in [5, 5.41) is 3.03. The third kappa shape index (κ3) is 6.12. The van der Waals surface area contributed by atoms with Crippen molar-refractivity contribution in [3.05, 3.63) is 53.8 Å². The van der Waals surface area contributed by atoms with Crippen LogP contribution in [0.3, 0.4) is 0 Å². The Balaban J connectivity index is 1.60. The summed E-state index contributed by atoms with van der Waals surface area (Å²) in [6.07, 6.45) is 0. The monoisotopic (exact) mass is 431 g/mol. The number of rotatable bonds is 8. The summed E-state index contributed by atoms with van der Waals surface area (Å²) in [5.74, 6) is 0.766. The van der Waals surface area contributed by atoms with Crippen LogP contribution in [0.4, 0.5) is 10.1 Å². The molecule has 1 aliphatic rings. The molecule has 0 saturated carbocycles. The van der Waals surface area contributed by atoms with Crippen LogP contribution in [0.15, 0.2) is 47.4 Å². The maximum atomic E-state index is 14.0. The molecule has 0 radical (unpaired) electrons. The lowest BCUT2D eigenvalue weighted by Gasteiger charge is -2.36. The average molecular weight is 432 g/mol. The molecule has 5 nitrogen and oxygen atoms in total. The first-order valence-electron chi connectivity index (χ1n) is 10.3. The van der Waals surface area contributed by atoms with Gasteiger partial charge >= 0.3 is 0 Å². The number of thioether (sulfide) groups is 1. The van der Waals surface area contributed by atoms with E-state index >= 15 is 0 Å². The summed E-state index contributed by atoms with van der Waals surface area (Å²) in [6, 6.07) is 12.3. The summed E-state index contributed by atoms with van der Waals surface area (Å²) < 4.78 is 19.4. The molecule has 7 heteroatoms. The molecule has 0 spiro atoms. The first-order valence-corrected chi connectivity index (χ1v) is 11.3. The van der Waals surface area contributed by atoms with Crippen LogP contribution in [0.25, 0.3) is 0 Å². The van der Waals surface area contributed by atoms with Crippen molar-refractivity contribution in [2.45, 2.75) is 24.8 Å². The topological polar surface area (TPSA) is 44.8 Å². The lowest BCUT2D eigenvalue weighted by atomic mass is 10.0. The van der Waals surface area contributed by atoms with Crippen molar-refractivity contribution >= 4 is 23.4 Å². The second kappa shape index (κ2) is 10.7. The van der Waals surface area contributed by atoms with E-state index in [1.807, 2.05) is 44.2 Å². The van der Waals surface area contributed by atoms with Crippen molar-refractivity contribution in [2.24, 2.45) is 0 Å². The highest BCUT2D eigenvalue weighted by molar-refractivity contribution is 8.00. The number of amides is 1. The van der Waals surface area contributed by atoms with E-state index in [0.29, 0.717) is 12.4 Å². The number of anilines is 1.